The highest BCUT2D eigenvalue weighted by Gasteiger charge is 2.40. The fourth-order valence-electron chi connectivity index (χ4n) is 4.38. The molecule has 1 aliphatic carbocycles. The van der Waals surface area contributed by atoms with Gasteiger partial charge in [0, 0.05) is 44.3 Å². The lowest BCUT2D eigenvalue weighted by Crippen LogP contribution is -2.32. The average Bonchev–Trinajstić information content (AvgIpc) is 3.36. The number of aliphatic carboxylic acids is 1. The summed E-state index contributed by atoms with van der Waals surface area (Å²) < 4.78 is 31.7. The second-order valence-electron chi connectivity index (χ2n) is 7.78. The summed E-state index contributed by atoms with van der Waals surface area (Å²) in [6.07, 6.45) is 4.60. The highest BCUT2D eigenvalue weighted by Crippen LogP contribution is 2.40. The smallest absolute Gasteiger partial charge is 0.475 e. The van der Waals surface area contributed by atoms with Crippen LogP contribution >= 0.6 is 0 Å². The van der Waals surface area contributed by atoms with Crippen LogP contribution in [0.5, 0.6) is 0 Å². The number of aromatic amines is 1. The van der Waals surface area contributed by atoms with Crippen molar-refractivity contribution in [1.82, 2.24) is 19.9 Å². The minimum absolute atomic E-state index is 0.766. The molecular formula is C20H26F3N5O2. The Balaban J connectivity index is 0.000000318. The van der Waals surface area contributed by atoms with Crippen molar-refractivity contribution >= 4 is 11.8 Å². The number of imidazole rings is 1. The van der Waals surface area contributed by atoms with Crippen LogP contribution in [0.15, 0.2) is 36.9 Å². The van der Waals surface area contributed by atoms with Crippen molar-refractivity contribution < 1.29 is 23.1 Å². The maximum absolute atomic E-state index is 10.6. The first-order chi connectivity index (χ1) is 14.3. The molecule has 10 heteroatoms. The van der Waals surface area contributed by atoms with Crippen molar-refractivity contribution in [2.75, 3.05) is 25.0 Å². The van der Waals surface area contributed by atoms with E-state index in [1.165, 1.54) is 38.0 Å². The van der Waals surface area contributed by atoms with Crippen molar-refractivity contribution in [3.8, 4) is 0 Å². The standard InChI is InChI=1S/C18H25N5.C2HF3O2/c1-2-7-20-18(6-1)21-8-14-4-3-5-15-10-23(12-17(14)15)11-16-9-19-13-22-16;3-2(4,5)1(6)7/h1-2,6-7,9,13-15,17H,3-5,8,10-12H2,(H,19,22)(H,20,21);(H,6,7)/t14-,15+,17+;/m0./s1. The number of nitrogens with one attached hydrogen (secondary N) is 2. The van der Waals surface area contributed by atoms with Gasteiger partial charge in [0.1, 0.15) is 5.82 Å². The first-order valence-corrected chi connectivity index (χ1v) is 9.97. The molecule has 0 aromatic carbocycles. The van der Waals surface area contributed by atoms with Gasteiger partial charge in [-0.2, -0.15) is 13.2 Å². The van der Waals surface area contributed by atoms with Crippen LogP contribution in [0.3, 0.4) is 0 Å². The molecule has 0 radical (unpaired) electrons. The number of H-pyrrole nitrogens is 1. The molecule has 2 fully saturated rings. The van der Waals surface area contributed by atoms with Crippen molar-refractivity contribution in [2.24, 2.45) is 17.8 Å². The van der Waals surface area contributed by atoms with E-state index in [4.69, 9.17) is 9.90 Å². The molecule has 3 N–H and O–H groups in total. The molecule has 2 aromatic rings. The van der Waals surface area contributed by atoms with Gasteiger partial charge < -0.3 is 15.4 Å². The predicted octanol–water partition coefficient (Wildman–Crippen LogP) is 3.40. The quantitative estimate of drug-likeness (QED) is 0.680. The molecule has 164 valence electrons. The number of alkyl halides is 3. The van der Waals surface area contributed by atoms with Crippen LogP contribution in [-0.4, -0.2) is 56.7 Å². The van der Waals surface area contributed by atoms with E-state index in [9.17, 15) is 13.2 Å². The Morgan fingerprint density at radius 2 is 2.10 bits per heavy atom. The number of anilines is 1. The number of pyridine rings is 1. The van der Waals surface area contributed by atoms with Crippen LogP contribution in [0, 0.1) is 17.8 Å². The van der Waals surface area contributed by atoms with Crippen molar-refractivity contribution in [3.63, 3.8) is 0 Å². The number of hydrogen-bond acceptors (Lipinski definition) is 5. The number of rotatable bonds is 5. The summed E-state index contributed by atoms with van der Waals surface area (Å²) in [5, 5.41) is 10.7. The first-order valence-electron chi connectivity index (χ1n) is 9.97. The van der Waals surface area contributed by atoms with Gasteiger partial charge in [0.15, 0.2) is 0 Å². The van der Waals surface area contributed by atoms with Gasteiger partial charge in [-0.1, -0.05) is 12.5 Å². The molecule has 7 nitrogen and oxygen atoms in total. The number of fused-ring (bicyclic) bond motifs is 1. The molecule has 1 aliphatic heterocycles. The molecule has 0 bridgehead atoms. The average molecular weight is 425 g/mol. The van der Waals surface area contributed by atoms with Crippen molar-refractivity contribution in [1.29, 1.82) is 0 Å². The van der Waals surface area contributed by atoms with Gasteiger partial charge in [-0.05, 0) is 42.7 Å². The summed E-state index contributed by atoms with van der Waals surface area (Å²) >= 11 is 0. The largest absolute Gasteiger partial charge is 0.490 e. The minimum Gasteiger partial charge on any atom is -0.475 e. The van der Waals surface area contributed by atoms with E-state index < -0.39 is 12.1 Å². The third-order valence-electron chi connectivity index (χ3n) is 5.72. The van der Waals surface area contributed by atoms with E-state index in [0.717, 1.165) is 36.7 Å². The van der Waals surface area contributed by atoms with E-state index in [0.29, 0.717) is 0 Å². The van der Waals surface area contributed by atoms with Gasteiger partial charge in [-0.3, -0.25) is 4.90 Å². The Bertz CT molecular complexity index is 785. The van der Waals surface area contributed by atoms with E-state index in [-0.39, 0.29) is 0 Å². The fraction of sp³-hybridized carbons (Fsp3) is 0.550. The molecule has 30 heavy (non-hydrogen) atoms. The highest BCUT2D eigenvalue weighted by molar-refractivity contribution is 5.73. The number of carbonyl (C=O) groups is 1. The van der Waals surface area contributed by atoms with E-state index in [1.54, 1.807) is 6.33 Å². The van der Waals surface area contributed by atoms with Gasteiger partial charge in [-0.15, -0.1) is 0 Å². The van der Waals surface area contributed by atoms with Gasteiger partial charge in [0.25, 0.3) is 0 Å². The molecule has 2 aromatic heterocycles. The molecule has 1 saturated heterocycles. The number of hydrogen-bond donors (Lipinski definition) is 3. The first kappa shape index (κ1) is 22.1. The Kier molecular flexibility index (Phi) is 7.30. The second kappa shape index (κ2) is 9.92. The lowest BCUT2D eigenvalue weighted by atomic mass is 9.74. The van der Waals surface area contributed by atoms with Crippen LogP contribution in [0.1, 0.15) is 25.0 Å². The predicted molar refractivity (Wildman–Crippen MR) is 105 cm³/mol. The van der Waals surface area contributed by atoms with Crippen molar-refractivity contribution in [2.45, 2.75) is 32.0 Å². The zero-order valence-electron chi connectivity index (χ0n) is 16.5. The van der Waals surface area contributed by atoms with Crippen LogP contribution in [0.2, 0.25) is 0 Å². The molecule has 0 spiro atoms. The maximum atomic E-state index is 10.6. The molecule has 0 unspecified atom stereocenters. The number of likely N-dealkylation sites (tertiary alicyclic amines) is 1. The van der Waals surface area contributed by atoms with Crippen LogP contribution in [0.25, 0.3) is 0 Å². The molecule has 0 amide bonds. The fourth-order valence-corrected chi connectivity index (χ4v) is 4.38. The minimum atomic E-state index is -5.08. The topological polar surface area (TPSA) is 94.1 Å². The lowest BCUT2D eigenvalue weighted by Gasteiger charge is -2.33. The SMILES string of the molecule is O=C(O)C(F)(F)F.c1ccc(NC[C@@H]2CCC[C@@H]3CN(Cc4cnc[nH]4)C[C@@H]32)nc1. The molecule has 2 aliphatic rings. The maximum Gasteiger partial charge on any atom is 0.490 e. The van der Waals surface area contributed by atoms with Gasteiger partial charge in [0.2, 0.25) is 0 Å². The number of halogens is 3. The zero-order valence-corrected chi connectivity index (χ0v) is 16.5. The van der Waals surface area contributed by atoms with Gasteiger partial charge in [-0.25, -0.2) is 14.8 Å². The van der Waals surface area contributed by atoms with Gasteiger partial charge in [0.05, 0.1) is 6.33 Å². The Labute approximate surface area is 172 Å². The second-order valence-corrected chi connectivity index (χ2v) is 7.78. The molecule has 1 saturated carbocycles. The normalized spacial score (nSPS) is 23.9. The number of carboxylic acids is 1. The number of nitrogens with zero attached hydrogens (tertiary/aromatic N) is 3. The Hall–Kier alpha value is -2.62. The van der Waals surface area contributed by atoms with E-state index in [1.807, 2.05) is 24.5 Å². The third-order valence-corrected chi connectivity index (χ3v) is 5.72. The third kappa shape index (κ3) is 6.19. The van der Waals surface area contributed by atoms with E-state index in [2.05, 4.69) is 31.2 Å². The highest BCUT2D eigenvalue weighted by atomic mass is 19.4. The summed E-state index contributed by atoms with van der Waals surface area (Å²) in [5.41, 5.74) is 1.23. The van der Waals surface area contributed by atoms with Crippen LogP contribution < -0.4 is 5.32 Å². The zero-order chi connectivity index (χ0) is 21.6. The number of aromatic nitrogens is 3. The summed E-state index contributed by atoms with van der Waals surface area (Å²) in [6.45, 7) is 4.52. The number of carboxylic acid groups (broad SMARTS) is 1. The van der Waals surface area contributed by atoms with Gasteiger partial charge >= 0.3 is 12.1 Å². The monoisotopic (exact) mass is 425 g/mol. The van der Waals surface area contributed by atoms with Crippen molar-refractivity contribution in [3.05, 3.63) is 42.6 Å². The summed E-state index contributed by atoms with van der Waals surface area (Å²) in [6, 6.07) is 6.06. The molecular weight excluding hydrogens is 399 g/mol. The lowest BCUT2D eigenvalue weighted by molar-refractivity contribution is -0.192. The Morgan fingerprint density at radius 3 is 2.73 bits per heavy atom. The summed E-state index contributed by atoms with van der Waals surface area (Å²) in [5.74, 6) is 0.696. The van der Waals surface area contributed by atoms with Crippen LogP contribution in [-0.2, 0) is 11.3 Å². The summed E-state index contributed by atoms with van der Waals surface area (Å²) in [4.78, 5) is 23.2. The molecule has 3 heterocycles. The molecule has 3 atom stereocenters. The van der Waals surface area contributed by atoms with E-state index >= 15 is 0 Å². The summed E-state index contributed by atoms with van der Waals surface area (Å²) in [7, 11) is 0. The van der Waals surface area contributed by atoms with Crippen LogP contribution in [0.4, 0.5) is 19.0 Å². The molecule has 4 rings (SSSR count). The Morgan fingerprint density at radius 1 is 1.30 bits per heavy atom.